The molecule has 0 saturated heterocycles. The molecule has 0 saturated carbocycles. The molecule has 2 heteroatoms. The van der Waals surface area contributed by atoms with Crippen molar-refractivity contribution in [3.05, 3.63) is 95.0 Å². The zero-order chi connectivity index (χ0) is 17.5. The standard InChI is InChI=1S/C23H20ClN/c1-18(22-12-7-10-20-9-4-5-11-23(20)22)25-17-6-2-3-8-19-13-15-21(24)16-14-19/h2,4-7,9-16,18,25H,17H2,1H3/t18-/m1/s1. The fourth-order valence-corrected chi connectivity index (χ4v) is 2.88. The van der Waals surface area contributed by atoms with Gasteiger partial charge in [-0.05, 0) is 53.6 Å². The van der Waals surface area contributed by atoms with Gasteiger partial charge < -0.3 is 5.32 Å². The summed E-state index contributed by atoms with van der Waals surface area (Å²) in [4.78, 5) is 0. The van der Waals surface area contributed by atoms with E-state index in [-0.39, 0.29) is 6.04 Å². The van der Waals surface area contributed by atoms with E-state index in [2.05, 4.69) is 66.5 Å². The van der Waals surface area contributed by atoms with Crippen LogP contribution in [-0.4, -0.2) is 6.54 Å². The highest BCUT2D eigenvalue weighted by molar-refractivity contribution is 6.30. The molecule has 0 aliphatic carbocycles. The summed E-state index contributed by atoms with van der Waals surface area (Å²) >= 11 is 5.86. The molecule has 25 heavy (non-hydrogen) atoms. The van der Waals surface area contributed by atoms with Crippen LogP contribution in [0.25, 0.3) is 10.8 Å². The molecule has 1 atom stereocenters. The highest BCUT2D eigenvalue weighted by Gasteiger charge is 2.07. The molecule has 0 heterocycles. The minimum Gasteiger partial charge on any atom is -0.307 e. The third kappa shape index (κ3) is 4.73. The second-order valence-electron chi connectivity index (χ2n) is 5.88. The van der Waals surface area contributed by atoms with Crippen LogP contribution < -0.4 is 5.32 Å². The van der Waals surface area contributed by atoms with Gasteiger partial charge in [-0.3, -0.25) is 0 Å². The normalized spacial score (nSPS) is 12.1. The van der Waals surface area contributed by atoms with Crippen LogP contribution in [0.4, 0.5) is 0 Å². The molecular weight excluding hydrogens is 326 g/mol. The summed E-state index contributed by atoms with van der Waals surface area (Å²) in [5.74, 6) is 6.14. The molecule has 1 N–H and O–H groups in total. The third-order valence-corrected chi connectivity index (χ3v) is 4.35. The summed E-state index contributed by atoms with van der Waals surface area (Å²) in [5.41, 5.74) is 2.28. The van der Waals surface area contributed by atoms with E-state index >= 15 is 0 Å². The largest absolute Gasteiger partial charge is 0.307 e. The first-order valence-electron chi connectivity index (χ1n) is 8.37. The molecule has 3 aromatic carbocycles. The molecule has 0 radical (unpaired) electrons. The average molecular weight is 346 g/mol. The van der Waals surface area contributed by atoms with Gasteiger partial charge in [0.05, 0.1) is 0 Å². The van der Waals surface area contributed by atoms with Gasteiger partial charge >= 0.3 is 0 Å². The summed E-state index contributed by atoms with van der Waals surface area (Å²) in [6.07, 6.45) is 3.93. The van der Waals surface area contributed by atoms with E-state index in [0.29, 0.717) is 0 Å². The van der Waals surface area contributed by atoms with Crippen LogP contribution in [0.3, 0.4) is 0 Å². The van der Waals surface area contributed by atoms with E-state index in [4.69, 9.17) is 11.6 Å². The number of rotatable bonds is 4. The lowest BCUT2D eigenvalue weighted by atomic mass is 10.00. The molecule has 3 aromatic rings. The zero-order valence-electron chi connectivity index (χ0n) is 14.2. The predicted molar refractivity (Wildman–Crippen MR) is 108 cm³/mol. The van der Waals surface area contributed by atoms with Crippen LogP contribution in [-0.2, 0) is 0 Å². The molecule has 0 amide bonds. The van der Waals surface area contributed by atoms with Gasteiger partial charge in [-0.15, -0.1) is 0 Å². The SMILES string of the molecule is C[C@@H](NCC=CC#Cc1ccc(Cl)cc1)c1cccc2ccccc12. The molecule has 124 valence electrons. The molecule has 1 nitrogen and oxygen atoms in total. The van der Waals surface area contributed by atoms with E-state index in [1.54, 1.807) is 0 Å². The molecular formula is C23H20ClN. The van der Waals surface area contributed by atoms with Crippen molar-refractivity contribution in [2.45, 2.75) is 13.0 Å². The zero-order valence-corrected chi connectivity index (χ0v) is 14.9. The first-order valence-corrected chi connectivity index (χ1v) is 8.75. The van der Waals surface area contributed by atoms with Gasteiger partial charge in [-0.1, -0.05) is 72.0 Å². The van der Waals surface area contributed by atoms with Crippen molar-refractivity contribution in [2.24, 2.45) is 0 Å². The van der Waals surface area contributed by atoms with Gasteiger partial charge in [-0.2, -0.15) is 0 Å². The van der Waals surface area contributed by atoms with Crippen molar-refractivity contribution < 1.29 is 0 Å². The minimum absolute atomic E-state index is 0.278. The Balaban J connectivity index is 1.57. The maximum Gasteiger partial charge on any atom is 0.0406 e. The first kappa shape index (κ1) is 17.3. The monoisotopic (exact) mass is 345 g/mol. The quantitative estimate of drug-likeness (QED) is 0.593. The van der Waals surface area contributed by atoms with Crippen molar-refractivity contribution in [1.29, 1.82) is 0 Å². The first-order chi connectivity index (χ1) is 12.2. The van der Waals surface area contributed by atoms with Crippen LogP contribution in [0.2, 0.25) is 5.02 Å². The summed E-state index contributed by atoms with van der Waals surface area (Å²) in [7, 11) is 0. The Kier molecular flexibility index (Phi) is 5.90. The van der Waals surface area contributed by atoms with Gasteiger partial charge in [0.25, 0.3) is 0 Å². The van der Waals surface area contributed by atoms with E-state index < -0.39 is 0 Å². The second kappa shape index (κ2) is 8.53. The Bertz CT molecular complexity index is 924. The number of nitrogens with one attached hydrogen (secondary N) is 1. The maximum absolute atomic E-state index is 5.86. The lowest BCUT2D eigenvalue weighted by Gasteiger charge is -2.15. The summed E-state index contributed by atoms with van der Waals surface area (Å²) in [6.45, 7) is 2.97. The molecule has 0 aliphatic rings. The van der Waals surface area contributed by atoms with Gasteiger partial charge in [0.15, 0.2) is 0 Å². The van der Waals surface area contributed by atoms with Crippen molar-refractivity contribution in [2.75, 3.05) is 6.54 Å². The smallest absolute Gasteiger partial charge is 0.0406 e. The van der Waals surface area contributed by atoms with E-state index in [9.17, 15) is 0 Å². The van der Waals surface area contributed by atoms with Crippen LogP contribution in [0.5, 0.6) is 0 Å². The van der Waals surface area contributed by atoms with Crippen LogP contribution in [0.1, 0.15) is 24.1 Å². The fraction of sp³-hybridized carbons (Fsp3) is 0.130. The Morgan fingerprint density at radius 3 is 2.60 bits per heavy atom. The summed E-state index contributed by atoms with van der Waals surface area (Å²) < 4.78 is 0. The highest BCUT2D eigenvalue weighted by Crippen LogP contribution is 2.23. The molecule has 0 spiro atoms. The Morgan fingerprint density at radius 2 is 1.76 bits per heavy atom. The number of hydrogen-bond donors (Lipinski definition) is 1. The predicted octanol–water partition coefficient (Wildman–Crippen LogP) is 5.75. The fourth-order valence-electron chi connectivity index (χ4n) is 2.76. The maximum atomic E-state index is 5.86. The van der Waals surface area contributed by atoms with E-state index in [1.165, 1.54) is 16.3 Å². The summed E-state index contributed by atoms with van der Waals surface area (Å²) in [5, 5.41) is 6.83. The molecule has 0 bridgehead atoms. The number of hydrogen-bond acceptors (Lipinski definition) is 1. The highest BCUT2D eigenvalue weighted by atomic mass is 35.5. The number of halogens is 1. The second-order valence-corrected chi connectivity index (χ2v) is 6.31. The number of allylic oxidation sites excluding steroid dienone is 1. The van der Waals surface area contributed by atoms with Crippen LogP contribution >= 0.6 is 11.6 Å². The van der Waals surface area contributed by atoms with Crippen LogP contribution in [0.15, 0.2) is 78.9 Å². The van der Waals surface area contributed by atoms with E-state index in [0.717, 1.165) is 17.1 Å². The molecule has 3 rings (SSSR count). The van der Waals surface area contributed by atoms with Crippen molar-refractivity contribution in [3.8, 4) is 11.8 Å². The van der Waals surface area contributed by atoms with Gasteiger partial charge in [-0.25, -0.2) is 0 Å². The minimum atomic E-state index is 0.278. The molecule has 0 unspecified atom stereocenters. The van der Waals surface area contributed by atoms with Gasteiger partial charge in [0, 0.05) is 23.2 Å². The number of fused-ring (bicyclic) bond motifs is 1. The summed E-state index contributed by atoms with van der Waals surface area (Å²) in [6, 6.07) is 22.8. The molecule has 0 aromatic heterocycles. The van der Waals surface area contributed by atoms with Gasteiger partial charge in [0.2, 0.25) is 0 Å². The Morgan fingerprint density at radius 1 is 1.00 bits per heavy atom. The van der Waals surface area contributed by atoms with Gasteiger partial charge in [0.1, 0.15) is 0 Å². The lowest BCUT2D eigenvalue weighted by Crippen LogP contribution is -2.18. The molecule has 0 fully saturated rings. The average Bonchev–Trinajstić information content (AvgIpc) is 2.65. The third-order valence-electron chi connectivity index (χ3n) is 4.09. The lowest BCUT2D eigenvalue weighted by molar-refractivity contribution is 0.621. The Labute approximate surface area is 154 Å². The number of benzene rings is 3. The van der Waals surface area contributed by atoms with Crippen LogP contribution in [0, 0.1) is 11.8 Å². The molecule has 0 aliphatic heterocycles. The van der Waals surface area contributed by atoms with Crippen molar-refractivity contribution in [1.82, 2.24) is 5.32 Å². The van der Waals surface area contributed by atoms with E-state index in [1.807, 2.05) is 36.4 Å². The Hall–Kier alpha value is -2.53. The van der Waals surface area contributed by atoms with Crippen molar-refractivity contribution >= 4 is 22.4 Å². The topological polar surface area (TPSA) is 12.0 Å². The van der Waals surface area contributed by atoms with Crippen molar-refractivity contribution in [3.63, 3.8) is 0 Å².